The van der Waals surface area contributed by atoms with Gasteiger partial charge in [-0.2, -0.15) is 4.98 Å². The maximum absolute atomic E-state index is 14.7. The summed E-state index contributed by atoms with van der Waals surface area (Å²) >= 11 is 5.79. The van der Waals surface area contributed by atoms with Gasteiger partial charge in [0.15, 0.2) is 29.0 Å². The van der Waals surface area contributed by atoms with Gasteiger partial charge in [-0.15, -0.1) is 0 Å². The third-order valence-electron chi connectivity index (χ3n) is 6.52. The van der Waals surface area contributed by atoms with Crippen LogP contribution in [0.1, 0.15) is 19.3 Å². The Balaban J connectivity index is 1.34. The van der Waals surface area contributed by atoms with Crippen LogP contribution in [0.15, 0.2) is 41.5 Å². The number of anilines is 1. The molecule has 2 aromatic heterocycles. The standard InChI is InChI=1S/C22H17ClF2N4O3/c23-18-7-13(1-3-26-18)32-19-15(24)5-14(6-16(19)25)31-17-10-27-21(30)28-4-2-22-8-12(9-22)11-29(22)20(17)28/h1,3,5-7,10,12H,2,4,8-9,11H2. The van der Waals surface area contributed by atoms with Crippen molar-refractivity contribution < 1.29 is 18.3 Å². The average molecular weight is 459 g/mol. The summed E-state index contributed by atoms with van der Waals surface area (Å²) in [6, 6.07) is 4.85. The van der Waals surface area contributed by atoms with Crippen molar-refractivity contribution in [3.8, 4) is 23.0 Å². The van der Waals surface area contributed by atoms with E-state index in [1.807, 2.05) is 0 Å². The number of nitrogens with zero attached hydrogens (tertiary/aromatic N) is 4. The van der Waals surface area contributed by atoms with Gasteiger partial charge in [0, 0.05) is 43.0 Å². The molecular formula is C22H17ClF2N4O3. The van der Waals surface area contributed by atoms with Gasteiger partial charge in [-0.1, -0.05) is 11.6 Å². The van der Waals surface area contributed by atoms with Gasteiger partial charge >= 0.3 is 5.69 Å². The van der Waals surface area contributed by atoms with E-state index in [0.29, 0.717) is 24.0 Å². The highest BCUT2D eigenvalue weighted by atomic mass is 35.5. The molecule has 2 bridgehead atoms. The van der Waals surface area contributed by atoms with Crippen molar-refractivity contribution in [2.45, 2.75) is 31.3 Å². The molecule has 0 atom stereocenters. The predicted octanol–water partition coefficient (Wildman–Crippen LogP) is 4.53. The lowest BCUT2D eigenvalue weighted by Gasteiger charge is -2.47. The molecule has 0 N–H and O–H groups in total. The quantitative estimate of drug-likeness (QED) is 0.535. The summed E-state index contributed by atoms with van der Waals surface area (Å²) in [7, 11) is 0. The number of rotatable bonds is 4. The number of hydrogen-bond donors (Lipinski definition) is 0. The second-order valence-corrected chi connectivity index (χ2v) is 8.86. The van der Waals surface area contributed by atoms with Crippen LogP contribution in [0.4, 0.5) is 14.6 Å². The fourth-order valence-electron chi connectivity index (χ4n) is 5.19. The normalized spacial score (nSPS) is 22.7. The molecule has 7 rings (SSSR count). The first-order valence-electron chi connectivity index (χ1n) is 10.3. The predicted molar refractivity (Wildman–Crippen MR) is 112 cm³/mol. The van der Waals surface area contributed by atoms with Crippen LogP contribution in [-0.4, -0.2) is 26.6 Å². The molecule has 1 aliphatic carbocycles. The Labute approximate surface area is 186 Å². The summed E-state index contributed by atoms with van der Waals surface area (Å²) in [5.74, 6) is -0.849. The second kappa shape index (κ2) is 6.90. The van der Waals surface area contributed by atoms with E-state index in [0.717, 1.165) is 37.9 Å². The smallest absolute Gasteiger partial charge is 0.349 e. The van der Waals surface area contributed by atoms with Gasteiger partial charge in [0.25, 0.3) is 0 Å². The average Bonchev–Trinajstić information content (AvgIpc) is 3.29. The second-order valence-electron chi connectivity index (χ2n) is 8.47. The molecule has 3 fully saturated rings. The molecule has 1 aromatic carbocycles. The van der Waals surface area contributed by atoms with Gasteiger partial charge < -0.3 is 14.4 Å². The van der Waals surface area contributed by atoms with Crippen LogP contribution in [0.2, 0.25) is 5.15 Å². The number of fused-ring (bicyclic) bond motifs is 1. The summed E-state index contributed by atoms with van der Waals surface area (Å²) in [6.45, 7) is 1.38. The highest BCUT2D eigenvalue weighted by Gasteiger charge is 2.58. The van der Waals surface area contributed by atoms with Crippen LogP contribution in [0.5, 0.6) is 23.0 Å². The Bertz CT molecular complexity index is 1290. The Morgan fingerprint density at radius 1 is 1.09 bits per heavy atom. The lowest BCUT2D eigenvalue weighted by molar-refractivity contribution is 0.203. The van der Waals surface area contributed by atoms with Crippen molar-refractivity contribution in [1.29, 1.82) is 0 Å². The molecule has 10 heteroatoms. The lowest BCUT2D eigenvalue weighted by atomic mass is 9.71. The minimum atomic E-state index is -0.942. The van der Waals surface area contributed by atoms with Crippen LogP contribution in [0.25, 0.3) is 0 Å². The monoisotopic (exact) mass is 458 g/mol. The number of ether oxygens (including phenoxy) is 2. The first kappa shape index (κ1) is 19.5. The van der Waals surface area contributed by atoms with Crippen LogP contribution in [0, 0.1) is 17.6 Å². The summed E-state index contributed by atoms with van der Waals surface area (Å²) < 4.78 is 42.2. The SMILES string of the molecule is O=c1ncc(Oc2cc(F)c(Oc3ccnc(Cl)c3)c(F)c2)c2n1CCC13CC(CN21)C3. The Hall–Kier alpha value is -3.20. The van der Waals surface area contributed by atoms with E-state index < -0.39 is 17.4 Å². The van der Waals surface area contributed by atoms with Gasteiger partial charge in [-0.05, 0) is 31.2 Å². The van der Waals surface area contributed by atoms with Crippen LogP contribution in [-0.2, 0) is 6.54 Å². The number of aromatic nitrogens is 3. The maximum Gasteiger partial charge on any atom is 0.349 e. The van der Waals surface area contributed by atoms with E-state index in [9.17, 15) is 13.6 Å². The molecule has 3 aliphatic heterocycles. The highest BCUT2D eigenvalue weighted by molar-refractivity contribution is 6.29. The van der Waals surface area contributed by atoms with Crippen molar-refractivity contribution in [2.75, 3.05) is 11.4 Å². The summed E-state index contributed by atoms with van der Waals surface area (Å²) in [6.07, 6.45) is 5.76. The molecule has 1 spiro atoms. The van der Waals surface area contributed by atoms with Crippen LogP contribution >= 0.6 is 11.6 Å². The van der Waals surface area contributed by atoms with Crippen LogP contribution in [0.3, 0.4) is 0 Å². The number of halogens is 3. The molecule has 3 aromatic rings. The zero-order chi connectivity index (χ0) is 22.0. The van der Waals surface area contributed by atoms with Crippen molar-refractivity contribution in [3.63, 3.8) is 0 Å². The molecule has 5 heterocycles. The molecule has 0 radical (unpaired) electrons. The molecule has 4 aliphatic rings. The van der Waals surface area contributed by atoms with Gasteiger partial charge in [-0.3, -0.25) is 4.57 Å². The Kier molecular flexibility index (Phi) is 4.20. The lowest BCUT2D eigenvalue weighted by Crippen LogP contribution is -2.52. The minimum absolute atomic E-state index is 0.0522. The largest absolute Gasteiger partial charge is 0.452 e. The zero-order valence-electron chi connectivity index (χ0n) is 16.7. The third kappa shape index (κ3) is 2.95. The fourth-order valence-corrected chi connectivity index (χ4v) is 5.35. The van der Waals surface area contributed by atoms with E-state index >= 15 is 0 Å². The first-order valence-corrected chi connectivity index (χ1v) is 10.6. The topological polar surface area (TPSA) is 69.5 Å². The van der Waals surface area contributed by atoms with E-state index in [4.69, 9.17) is 21.1 Å². The molecule has 7 nitrogen and oxygen atoms in total. The zero-order valence-corrected chi connectivity index (χ0v) is 17.5. The number of pyridine rings is 1. The third-order valence-corrected chi connectivity index (χ3v) is 6.73. The van der Waals surface area contributed by atoms with E-state index in [1.165, 1.54) is 24.5 Å². The molecule has 2 saturated heterocycles. The van der Waals surface area contributed by atoms with Crippen molar-refractivity contribution in [3.05, 3.63) is 63.9 Å². The Morgan fingerprint density at radius 3 is 2.62 bits per heavy atom. The van der Waals surface area contributed by atoms with Crippen molar-refractivity contribution in [1.82, 2.24) is 14.5 Å². The van der Waals surface area contributed by atoms with Crippen LogP contribution < -0.4 is 20.1 Å². The first-order chi connectivity index (χ1) is 15.4. The van der Waals surface area contributed by atoms with E-state index in [2.05, 4.69) is 14.9 Å². The molecule has 0 amide bonds. The van der Waals surface area contributed by atoms with Gasteiger partial charge in [0.05, 0.1) is 6.20 Å². The van der Waals surface area contributed by atoms with Crippen molar-refractivity contribution >= 4 is 17.4 Å². The van der Waals surface area contributed by atoms with Gasteiger partial charge in [0.1, 0.15) is 16.7 Å². The van der Waals surface area contributed by atoms with Gasteiger partial charge in [0.2, 0.25) is 0 Å². The summed E-state index contributed by atoms with van der Waals surface area (Å²) in [4.78, 5) is 22.2. The summed E-state index contributed by atoms with van der Waals surface area (Å²) in [5.41, 5.74) is -0.306. The molecule has 0 unspecified atom stereocenters. The highest BCUT2D eigenvalue weighted by Crippen LogP contribution is 2.57. The number of hydrogen-bond acceptors (Lipinski definition) is 6. The molecule has 1 saturated carbocycles. The van der Waals surface area contributed by atoms with E-state index in [-0.39, 0.29) is 27.9 Å². The minimum Gasteiger partial charge on any atom is -0.452 e. The van der Waals surface area contributed by atoms with Gasteiger partial charge in [-0.25, -0.2) is 18.6 Å². The number of benzene rings is 1. The summed E-state index contributed by atoms with van der Waals surface area (Å²) in [5, 5.41) is 0.137. The van der Waals surface area contributed by atoms with E-state index in [1.54, 1.807) is 4.57 Å². The molecule has 164 valence electrons. The fraction of sp³-hybridized carbons (Fsp3) is 0.318. The molecular weight excluding hydrogens is 442 g/mol. The maximum atomic E-state index is 14.7. The van der Waals surface area contributed by atoms with Crippen molar-refractivity contribution in [2.24, 2.45) is 5.92 Å². The molecule has 32 heavy (non-hydrogen) atoms. The Morgan fingerprint density at radius 2 is 1.88 bits per heavy atom.